The van der Waals surface area contributed by atoms with E-state index in [2.05, 4.69) is 10.6 Å². The molecule has 2 aromatic rings. The second kappa shape index (κ2) is 5.93. The van der Waals surface area contributed by atoms with Crippen LogP contribution in [0, 0.1) is 0 Å². The number of benzene rings is 1. The summed E-state index contributed by atoms with van der Waals surface area (Å²) in [6.07, 6.45) is 2.37. The fourth-order valence-electron chi connectivity index (χ4n) is 2.56. The van der Waals surface area contributed by atoms with Gasteiger partial charge in [0.2, 0.25) is 5.91 Å². The van der Waals surface area contributed by atoms with Gasteiger partial charge in [0.25, 0.3) is 0 Å². The zero-order chi connectivity index (χ0) is 15.5. The van der Waals surface area contributed by atoms with Crippen LogP contribution in [0.3, 0.4) is 0 Å². The highest BCUT2D eigenvalue weighted by atomic mass is 16.3. The van der Waals surface area contributed by atoms with Crippen LogP contribution in [0.5, 0.6) is 0 Å². The average molecular weight is 299 g/mol. The van der Waals surface area contributed by atoms with Crippen LogP contribution in [0.4, 0.5) is 16.2 Å². The highest BCUT2D eigenvalue weighted by molar-refractivity contribution is 5.95. The quantitative estimate of drug-likeness (QED) is 0.914. The Balaban J connectivity index is 1.61. The van der Waals surface area contributed by atoms with Gasteiger partial charge >= 0.3 is 6.03 Å². The fourth-order valence-corrected chi connectivity index (χ4v) is 2.56. The summed E-state index contributed by atoms with van der Waals surface area (Å²) in [5.74, 6) is 0.733. The van der Waals surface area contributed by atoms with Crippen LogP contribution < -0.4 is 15.5 Å². The van der Waals surface area contributed by atoms with E-state index in [1.807, 2.05) is 12.1 Å². The Morgan fingerprint density at radius 3 is 2.91 bits per heavy atom. The van der Waals surface area contributed by atoms with E-state index in [1.165, 1.54) is 0 Å². The average Bonchev–Trinajstić information content (AvgIpc) is 3.14. The van der Waals surface area contributed by atoms with Gasteiger partial charge < -0.3 is 20.0 Å². The second-order valence-electron chi connectivity index (χ2n) is 5.15. The Labute approximate surface area is 128 Å². The number of urea groups is 1. The number of anilines is 2. The third-order valence-electron chi connectivity index (χ3n) is 3.62. The lowest BCUT2D eigenvalue weighted by molar-refractivity contribution is -0.116. The molecular formula is C16H17N3O3. The molecule has 3 amide bonds. The summed E-state index contributed by atoms with van der Waals surface area (Å²) in [7, 11) is 0. The van der Waals surface area contributed by atoms with Crippen molar-refractivity contribution in [2.45, 2.75) is 19.9 Å². The topological polar surface area (TPSA) is 74.6 Å². The second-order valence-corrected chi connectivity index (χ2v) is 5.15. The molecule has 1 aromatic carbocycles. The molecule has 22 heavy (non-hydrogen) atoms. The predicted octanol–water partition coefficient (Wildman–Crippen LogP) is 2.51. The summed E-state index contributed by atoms with van der Waals surface area (Å²) in [4.78, 5) is 25.1. The standard InChI is InChI=1S/C16H17N3O3/c1-11(20)19-7-6-12-9-13(4-5-15(12)19)18-16(21)17-10-14-3-2-8-22-14/h2-5,8-9H,6-7,10H2,1H3,(H2,17,18,21). The normalized spacial score (nSPS) is 12.9. The minimum atomic E-state index is -0.294. The van der Waals surface area contributed by atoms with E-state index in [0.717, 1.165) is 17.7 Å². The molecule has 0 fully saturated rings. The largest absolute Gasteiger partial charge is 0.467 e. The van der Waals surface area contributed by atoms with Crippen molar-refractivity contribution in [2.24, 2.45) is 0 Å². The first-order chi connectivity index (χ1) is 10.6. The maximum absolute atomic E-state index is 11.9. The Bertz CT molecular complexity index is 695. The summed E-state index contributed by atoms with van der Waals surface area (Å²) in [6.45, 7) is 2.59. The van der Waals surface area contributed by atoms with Gasteiger partial charge in [-0.15, -0.1) is 0 Å². The Morgan fingerprint density at radius 1 is 1.32 bits per heavy atom. The lowest BCUT2D eigenvalue weighted by Crippen LogP contribution is -2.28. The molecule has 2 heterocycles. The van der Waals surface area contributed by atoms with Gasteiger partial charge in [-0.05, 0) is 42.3 Å². The van der Waals surface area contributed by atoms with E-state index in [-0.39, 0.29) is 11.9 Å². The van der Waals surface area contributed by atoms with Crippen molar-refractivity contribution in [3.63, 3.8) is 0 Å². The maximum atomic E-state index is 11.9. The molecule has 3 rings (SSSR count). The first-order valence-corrected chi connectivity index (χ1v) is 7.12. The van der Waals surface area contributed by atoms with Crippen LogP contribution in [-0.2, 0) is 17.8 Å². The fraction of sp³-hybridized carbons (Fsp3) is 0.250. The first-order valence-electron chi connectivity index (χ1n) is 7.12. The molecule has 1 aliphatic rings. The van der Waals surface area contributed by atoms with Gasteiger partial charge in [-0.2, -0.15) is 0 Å². The molecule has 0 unspecified atom stereocenters. The van der Waals surface area contributed by atoms with Crippen LogP contribution in [0.25, 0.3) is 0 Å². The molecule has 0 saturated heterocycles. The molecule has 0 radical (unpaired) electrons. The molecule has 0 saturated carbocycles. The summed E-state index contributed by atoms with van der Waals surface area (Å²) < 4.78 is 5.15. The van der Waals surface area contributed by atoms with Gasteiger partial charge in [-0.25, -0.2) is 4.79 Å². The number of nitrogens with zero attached hydrogens (tertiary/aromatic N) is 1. The van der Waals surface area contributed by atoms with Crippen LogP contribution >= 0.6 is 0 Å². The van der Waals surface area contributed by atoms with E-state index >= 15 is 0 Å². The molecule has 1 aliphatic heterocycles. The van der Waals surface area contributed by atoms with Crippen LogP contribution in [-0.4, -0.2) is 18.5 Å². The Morgan fingerprint density at radius 2 is 2.18 bits per heavy atom. The number of fused-ring (bicyclic) bond motifs is 1. The molecule has 0 atom stereocenters. The van der Waals surface area contributed by atoms with Gasteiger partial charge in [0.15, 0.2) is 0 Å². The van der Waals surface area contributed by atoms with Crippen molar-refractivity contribution in [1.29, 1.82) is 0 Å². The van der Waals surface area contributed by atoms with Crippen molar-refractivity contribution >= 4 is 23.3 Å². The van der Waals surface area contributed by atoms with E-state index in [1.54, 1.807) is 36.3 Å². The highest BCUT2D eigenvalue weighted by Crippen LogP contribution is 2.30. The SMILES string of the molecule is CC(=O)N1CCc2cc(NC(=O)NCc3ccco3)ccc21. The Hall–Kier alpha value is -2.76. The summed E-state index contributed by atoms with van der Waals surface area (Å²) in [5.41, 5.74) is 2.70. The predicted molar refractivity (Wildman–Crippen MR) is 82.7 cm³/mol. The van der Waals surface area contributed by atoms with Gasteiger partial charge in [-0.3, -0.25) is 4.79 Å². The van der Waals surface area contributed by atoms with Crippen LogP contribution in [0.2, 0.25) is 0 Å². The molecule has 0 aliphatic carbocycles. The zero-order valence-electron chi connectivity index (χ0n) is 12.3. The number of hydrogen-bond acceptors (Lipinski definition) is 3. The third kappa shape index (κ3) is 2.95. The number of carbonyl (C=O) groups excluding carboxylic acids is 2. The number of rotatable bonds is 3. The molecule has 1 aromatic heterocycles. The van der Waals surface area contributed by atoms with Gasteiger partial charge in [0, 0.05) is 24.8 Å². The number of amides is 3. The smallest absolute Gasteiger partial charge is 0.319 e. The molecule has 6 nitrogen and oxygen atoms in total. The lowest BCUT2D eigenvalue weighted by Gasteiger charge is -2.15. The Kier molecular flexibility index (Phi) is 3.82. The molecular weight excluding hydrogens is 282 g/mol. The first kappa shape index (κ1) is 14.2. The number of nitrogens with one attached hydrogen (secondary N) is 2. The third-order valence-corrected chi connectivity index (χ3v) is 3.62. The summed E-state index contributed by atoms with van der Waals surface area (Å²) in [5, 5.41) is 5.50. The molecule has 6 heteroatoms. The van der Waals surface area contributed by atoms with E-state index in [0.29, 0.717) is 24.5 Å². The van der Waals surface area contributed by atoms with E-state index < -0.39 is 0 Å². The number of furan rings is 1. The summed E-state index contributed by atoms with van der Waals surface area (Å²) >= 11 is 0. The van der Waals surface area contributed by atoms with Crippen molar-refractivity contribution in [3.8, 4) is 0 Å². The zero-order valence-corrected chi connectivity index (χ0v) is 12.3. The minimum Gasteiger partial charge on any atom is -0.467 e. The number of carbonyl (C=O) groups is 2. The minimum absolute atomic E-state index is 0.0376. The summed E-state index contributed by atoms with van der Waals surface area (Å²) in [6, 6.07) is 8.85. The number of hydrogen-bond donors (Lipinski definition) is 2. The molecule has 2 N–H and O–H groups in total. The monoisotopic (exact) mass is 299 g/mol. The van der Waals surface area contributed by atoms with Crippen molar-refractivity contribution in [2.75, 3.05) is 16.8 Å². The van der Waals surface area contributed by atoms with Crippen LogP contribution in [0.1, 0.15) is 18.2 Å². The van der Waals surface area contributed by atoms with E-state index in [4.69, 9.17) is 4.42 Å². The van der Waals surface area contributed by atoms with Gasteiger partial charge in [0.1, 0.15) is 5.76 Å². The van der Waals surface area contributed by atoms with Gasteiger partial charge in [-0.1, -0.05) is 0 Å². The molecule has 0 bridgehead atoms. The van der Waals surface area contributed by atoms with E-state index in [9.17, 15) is 9.59 Å². The van der Waals surface area contributed by atoms with Crippen LogP contribution in [0.15, 0.2) is 41.0 Å². The van der Waals surface area contributed by atoms with Crippen molar-refractivity contribution in [3.05, 3.63) is 47.9 Å². The molecule has 114 valence electrons. The molecule has 0 spiro atoms. The van der Waals surface area contributed by atoms with Gasteiger partial charge in [0.05, 0.1) is 12.8 Å². The highest BCUT2D eigenvalue weighted by Gasteiger charge is 2.22. The maximum Gasteiger partial charge on any atom is 0.319 e. The van der Waals surface area contributed by atoms with Crippen molar-refractivity contribution in [1.82, 2.24) is 5.32 Å². The lowest BCUT2D eigenvalue weighted by atomic mass is 10.1. The van der Waals surface area contributed by atoms with Crippen molar-refractivity contribution < 1.29 is 14.0 Å².